The summed E-state index contributed by atoms with van der Waals surface area (Å²) in [6.07, 6.45) is 4.65. The lowest BCUT2D eigenvalue weighted by Crippen LogP contribution is -2.20. The first kappa shape index (κ1) is 10.3. The molecule has 0 aromatic carbocycles. The number of hydrogen-bond donors (Lipinski definition) is 2. The molecule has 0 aromatic heterocycles. The minimum Gasteiger partial charge on any atom is -0.392 e. The molecule has 0 amide bonds. The molecule has 1 rings (SSSR count). The number of allylic oxidation sites excluding steroid dienone is 2. The van der Waals surface area contributed by atoms with Crippen molar-refractivity contribution in [2.45, 2.75) is 26.7 Å². The van der Waals surface area contributed by atoms with Gasteiger partial charge in [-0.15, -0.1) is 0 Å². The maximum atomic E-state index is 3.32. The van der Waals surface area contributed by atoms with Gasteiger partial charge < -0.3 is 10.6 Å². The standard InChI is InChI=1S/C11H20N2/c1-9(10(2)12-3)8-11-4-6-13-7-5-11/h4,12-13H,5-8H2,1-3H3/b10-9+. The monoisotopic (exact) mass is 180 g/mol. The Bertz CT molecular complexity index is 226. The Hall–Kier alpha value is -0.760. The highest BCUT2D eigenvalue weighted by molar-refractivity contribution is 5.19. The Morgan fingerprint density at radius 2 is 2.31 bits per heavy atom. The minimum atomic E-state index is 1.04. The molecule has 0 aliphatic carbocycles. The Morgan fingerprint density at radius 1 is 1.54 bits per heavy atom. The van der Waals surface area contributed by atoms with E-state index in [9.17, 15) is 0 Å². The van der Waals surface area contributed by atoms with Gasteiger partial charge in [0, 0.05) is 19.3 Å². The molecule has 2 heteroatoms. The maximum absolute atomic E-state index is 3.32. The predicted molar refractivity (Wildman–Crippen MR) is 57.6 cm³/mol. The van der Waals surface area contributed by atoms with Gasteiger partial charge in [0.05, 0.1) is 0 Å². The van der Waals surface area contributed by atoms with Gasteiger partial charge in [0.25, 0.3) is 0 Å². The summed E-state index contributed by atoms with van der Waals surface area (Å²) >= 11 is 0. The molecule has 2 N–H and O–H groups in total. The molecule has 0 aromatic rings. The number of nitrogens with one attached hydrogen (secondary N) is 2. The van der Waals surface area contributed by atoms with Crippen molar-refractivity contribution in [1.82, 2.24) is 10.6 Å². The van der Waals surface area contributed by atoms with Crippen molar-refractivity contribution < 1.29 is 0 Å². The van der Waals surface area contributed by atoms with Crippen molar-refractivity contribution in [2.24, 2.45) is 0 Å². The van der Waals surface area contributed by atoms with Crippen LogP contribution in [0.3, 0.4) is 0 Å². The van der Waals surface area contributed by atoms with E-state index in [0.717, 1.165) is 19.5 Å². The Labute approximate surface area is 81.1 Å². The van der Waals surface area contributed by atoms with Crippen LogP contribution < -0.4 is 10.6 Å². The highest BCUT2D eigenvalue weighted by atomic mass is 14.8. The molecule has 2 nitrogen and oxygen atoms in total. The summed E-state index contributed by atoms with van der Waals surface area (Å²) in [5.41, 5.74) is 4.33. The van der Waals surface area contributed by atoms with E-state index in [2.05, 4.69) is 30.6 Å². The van der Waals surface area contributed by atoms with Crippen LogP contribution >= 0.6 is 0 Å². The van der Waals surface area contributed by atoms with Crippen molar-refractivity contribution >= 4 is 0 Å². The third-order valence-electron chi connectivity index (χ3n) is 2.67. The average molecular weight is 180 g/mol. The topological polar surface area (TPSA) is 24.1 Å². The van der Waals surface area contributed by atoms with Crippen LogP contribution in [0.25, 0.3) is 0 Å². The maximum Gasteiger partial charge on any atom is 0.0137 e. The first-order chi connectivity index (χ1) is 6.24. The highest BCUT2D eigenvalue weighted by Crippen LogP contribution is 2.16. The fourth-order valence-corrected chi connectivity index (χ4v) is 1.52. The van der Waals surface area contributed by atoms with E-state index in [0.29, 0.717) is 0 Å². The van der Waals surface area contributed by atoms with Crippen molar-refractivity contribution in [3.05, 3.63) is 22.9 Å². The average Bonchev–Trinajstić information content (AvgIpc) is 2.18. The molecular weight excluding hydrogens is 160 g/mol. The molecule has 1 aliphatic rings. The molecule has 1 aliphatic heterocycles. The van der Waals surface area contributed by atoms with Gasteiger partial charge in [-0.25, -0.2) is 0 Å². The van der Waals surface area contributed by atoms with E-state index in [-0.39, 0.29) is 0 Å². The van der Waals surface area contributed by atoms with E-state index >= 15 is 0 Å². The van der Waals surface area contributed by atoms with E-state index in [1.54, 1.807) is 5.57 Å². The Kier molecular flexibility index (Phi) is 4.03. The van der Waals surface area contributed by atoms with Crippen LogP contribution in [-0.2, 0) is 0 Å². The Morgan fingerprint density at radius 3 is 2.85 bits per heavy atom. The molecule has 0 saturated heterocycles. The van der Waals surface area contributed by atoms with Gasteiger partial charge in [-0.1, -0.05) is 17.2 Å². The largest absolute Gasteiger partial charge is 0.392 e. The molecule has 0 saturated carbocycles. The van der Waals surface area contributed by atoms with E-state index in [1.165, 1.54) is 17.7 Å². The molecule has 0 radical (unpaired) electrons. The third-order valence-corrected chi connectivity index (χ3v) is 2.67. The first-order valence-electron chi connectivity index (χ1n) is 4.96. The van der Waals surface area contributed by atoms with Crippen LogP contribution in [-0.4, -0.2) is 20.1 Å². The van der Waals surface area contributed by atoms with Crippen molar-refractivity contribution in [1.29, 1.82) is 0 Å². The van der Waals surface area contributed by atoms with Gasteiger partial charge in [0.2, 0.25) is 0 Å². The summed E-state index contributed by atoms with van der Waals surface area (Å²) in [5, 5.41) is 6.51. The first-order valence-corrected chi connectivity index (χ1v) is 4.96. The van der Waals surface area contributed by atoms with Gasteiger partial charge in [-0.2, -0.15) is 0 Å². The zero-order valence-corrected chi connectivity index (χ0v) is 8.91. The van der Waals surface area contributed by atoms with Crippen LogP contribution in [0.5, 0.6) is 0 Å². The van der Waals surface area contributed by atoms with Crippen LogP contribution in [0.1, 0.15) is 26.7 Å². The van der Waals surface area contributed by atoms with Gasteiger partial charge in [0.15, 0.2) is 0 Å². The highest BCUT2D eigenvalue weighted by Gasteiger charge is 2.04. The zero-order valence-electron chi connectivity index (χ0n) is 8.91. The molecule has 0 unspecified atom stereocenters. The predicted octanol–water partition coefficient (Wildman–Crippen LogP) is 1.81. The molecule has 1 heterocycles. The van der Waals surface area contributed by atoms with Crippen molar-refractivity contribution in [3.8, 4) is 0 Å². The van der Waals surface area contributed by atoms with Gasteiger partial charge in [-0.3, -0.25) is 0 Å². The summed E-state index contributed by atoms with van der Waals surface area (Å²) in [6, 6.07) is 0. The molecule has 0 fully saturated rings. The molecular formula is C11H20N2. The van der Waals surface area contributed by atoms with Crippen LogP contribution in [0.4, 0.5) is 0 Å². The molecule has 0 atom stereocenters. The van der Waals surface area contributed by atoms with Gasteiger partial charge >= 0.3 is 0 Å². The molecule has 13 heavy (non-hydrogen) atoms. The fraction of sp³-hybridized carbons (Fsp3) is 0.636. The van der Waals surface area contributed by atoms with Gasteiger partial charge in [-0.05, 0) is 33.2 Å². The second-order valence-electron chi connectivity index (χ2n) is 3.65. The van der Waals surface area contributed by atoms with Crippen LogP contribution in [0.15, 0.2) is 22.9 Å². The Balaban J connectivity index is 2.52. The molecule has 0 bridgehead atoms. The number of hydrogen-bond acceptors (Lipinski definition) is 2. The van der Waals surface area contributed by atoms with E-state index in [1.807, 2.05) is 7.05 Å². The van der Waals surface area contributed by atoms with Gasteiger partial charge in [0.1, 0.15) is 0 Å². The van der Waals surface area contributed by atoms with E-state index < -0.39 is 0 Å². The lowest BCUT2D eigenvalue weighted by molar-refractivity contribution is 0.689. The smallest absolute Gasteiger partial charge is 0.0137 e. The zero-order chi connectivity index (χ0) is 9.68. The summed E-state index contributed by atoms with van der Waals surface area (Å²) in [6.45, 7) is 6.52. The van der Waals surface area contributed by atoms with E-state index in [4.69, 9.17) is 0 Å². The number of rotatable bonds is 3. The summed E-state index contributed by atoms with van der Waals surface area (Å²) in [7, 11) is 1.98. The fourth-order valence-electron chi connectivity index (χ4n) is 1.52. The molecule has 0 spiro atoms. The quantitative estimate of drug-likeness (QED) is 0.647. The second kappa shape index (κ2) is 5.07. The van der Waals surface area contributed by atoms with Crippen molar-refractivity contribution in [3.63, 3.8) is 0 Å². The summed E-state index contributed by atoms with van der Waals surface area (Å²) in [5.74, 6) is 0. The summed E-state index contributed by atoms with van der Waals surface area (Å²) < 4.78 is 0. The normalized spacial score (nSPS) is 19.2. The SMILES string of the molecule is CN/C(C)=C(\C)CC1=CCNCC1. The van der Waals surface area contributed by atoms with Crippen LogP contribution in [0.2, 0.25) is 0 Å². The summed E-state index contributed by atoms with van der Waals surface area (Å²) in [4.78, 5) is 0. The lowest BCUT2D eigenvalue weighted by Gasteiger charge is -2.15. The lowest BCUT2D eigenvalue weighted by atomic mass is 10.0. The minimum absolute atomic E-state index is 1.04. The van der Waals surface area contributed by atoms with Crippen molar-refractivity contribution in [2.75, 3.05) is 20.1 Å². The van der Waals surface area contributed by atoms with Crippen LogP contribution in [0, 0.1) is 0 Å². The second-order valence-corrected chi connectivity index (χ2v) is 3.65. The third kappa shape index (κ3) is 3.23. The molecule has 74 valence electrons.